The fraction of sp³-hybridized carbons (Fsp3) is 0.553. The molecule has 9 rings (SSSR count). The van der Waals surface area contributed by atoms with E-state index in [1.165, 1.54) is 24.1 Å². The molecule has 0 bridgehead atoms. The van der Waals surface area contributed by atoms with Gasteiger partial charge in [0.15, 0.2) is 11.6 Å². The van der Waals surface area contributed by atoms with E-state index in [1.54, 1.807) is 37.4 Å². The Morgan fingerprint density at radius 2 is 1.72 bits per heavy atom. The van der Waals surface area contributed by atoms with Gasteiger partial charge in [-0.3, -0.25) is 19.1 Å². The van der Waals surface area contributed by atoms with Gasteiger partial charge in [-0.15, -0.1) is 0 Å². The van der Waals surface area contributed by atoms with Crippen molar-refractivity contribution in [1.29, 1.82) is 0 Å². The summed E-state index contributed by atoms with van der Waals surface area (Å²) in [5.74, 6) is -1.36. The number of hydrogen-bond donors (Lipinski definition) is 3. The molecule has 3 N–H and O–H groups in total. The lowest BCUT2D eigenvalue weighted by Gasteiger charge is -2.33. The number of nitrogens with zero attached hydrogens (tertiary/aromatic N) is 2. The summed E-state index contributed by atoms with van der Waals surface area (Å²) in [4.78, 5) is 63.7. The summed E-state index contributed by atoms with van der Waals surface area (Å²) in [5, 5.41) is 6.42. The van der Waals surface area contributed by atoms with Crippen molar-refractivity contribution in [3.63, 3.8) is 0 Å². The minimum absolute atomic E-state index is 0.0380. The highest BCUT2D eigenvalue weighted by molar-refractivity contribution is 7.91. The van der Waals surface area contributed by atoms with Crippen LogP contribution in [0, 0.1) is 35.4 Å². The van der Waals surface area contributed by atoms with Crippen molar-refractivity contribution in [3.8, 4) is 28.6 Å². The van der Waals surface area contributed by atoms with E-state index in [9.17, 15) is 22.8 Å². The summed E-state index contributed by atoms with van der Waals surface area (Å²) in [5.41, 5.74) is -0.739. The fourth-order valence-electron chi connectivity index (χ4n) is 10.1. The van der Waals surface area contributed by atoms with Gasteiger partial charge in [0.1, 0.15) is 35.6 Å². The van der Waals surface area contributed by atoms with Gasteiger partial charge in [0.05, 0.1) is 31.7 Å². The van der Waals surface area contributed by atoms with Crippen LogP contribution in [0.15, 0.2) is 54.6 Å². The Hall–Kier alpha value is -5.45. The zero-order chi connectivity index (χ0) is 45.1. The van der Waals surface area contributed by atoms with E-state index in [2.05, 4.69) is 22.3 Å². The smallest absolute Gasteiger partial charge is 0.408 e. The van der Waals surface area contributed by atoms with Gasteiger partial charge < -0.3 is 34.5 Å². The van der Waals surface area contributed by atoms with Crippen molar-refractivity contribution in [2.45, 2.75) is 113 Å². The highest BCUT2D eigenvalue weighted by atomic mass is 32.2. The fourth-order valence-corrected chi connectivity index (χ4v) is 11.5. The van der Waals surface area contributed by atoms with Crippen LogP contribution in [-0.4, -0.2) is 98.0 Å². The molecule has 1 aromatic heterocycles. The number of rotatable bonds is 10. The Morgan fingerprint density at radius 3 is 2.44 bits per heavy atom. The Balaban J connectivity index is 1.06. The number of pyridine rings is 1. The lowest BCUT2D eigenvalue weighted by Crippen LogP contribution is -2.59. The van der Waals surface area contributed by atoms with Crippen LogP contribution < -0.4 is 29.6 Å². The first kappa shape index (κ1) is 43.8. The second kappa shape index (κ2) is 17.2. The number of amides is 4. The van der Waals surface area contributed by atoms with Crippen LogP contribution in [0.1, 0.15) is 78.1 Å². The van der Waals surface area contributed by atoms with E-state index in [1.807, 2.05) is 19.1 Å². The molecule has 15 nitrogen and oxygen atoms in total. The van der Waals surface area contributed by atoms with E-state index < -0.39 is 74.5 Å². The zero-order valence-electron chi connectivity index (χ0n) is 36.5. The molecule has 64 heavy (non-hydrogen) atoms. The van der Waals surface area contributed by atoms with E-state index in [0.29, 0.717) is 65.3 Å². The number of halogens is 1. The summed E-state index contributed by atoms with van der Waals surface area (Å²) >= 11 is 0. The molecular formula is C47H56FN5O10S. The number of aromatic nitrogens is 1. The van der Waals surface area contributed by atoms with Gasteiger partial charge in [-0.25, -0.2) is 22.6 Å². The number of nitrogens with one attached hydrogen (secondary N) is 3. The molecule has 4 amide bonds. The predicted molar refractivity (Wildman–Crippen MR) is 233 cm³/mol. The first-order chi connectivity index (χ1) is 30.6. The monoisotopic (exact) mass is 901 g/mol. The maximum Gasteiger partial charge on any atom is 0.408 e. The summed E-state index contributed by atoms with van der Waals surface area (Å²) < 4.78 is 66.5. The third-order valence-electron chi connectivity index (χ3n) is 14.1. The summed E-state index contributed by atoms with van der Waals surface area (Å²) in [6, 6.07) is 9.32. The molecule has 3 aromatic rings. The number of methoxy groups -OCH3 is 2. The topological polar surface area (TPSA) is 192 Å². The lowest BCUT2D eigenvalue weighted by atomic mass is 9.88. The van der Waals surface area contributed by atoms with Crippen LogP contribution >= 0.6 is 0 Å². The van der Waals surface area contributed by atoms with Crippen molar-refractivity contribution in [1.82, 2.24) is 25.2 Å². The minimum atomic E-state index is -3.95. The van der Waals surface area contributed by atoms with Crippen molar-refractivity contribution in [3.05, 3.63) is 60.4 Å². The van der Waals surface area contributed by atoms with Crippen molar-refractivity contribution in [2.24, 2.45) is 29.6 Å². The molecule has 3 heterocycles. The van der Waals surface area contributed by atoms with Gasteiger partial charge in [-0.05, 0) is 129 Å². The molecular weight excluding hydrogens is 846 g/mol. The molecule has 9 unspecified atom stereocenters. The van der Waals surface area contributed by atoms with Gasteiger partial charge in [-0.1, -0.05) is 26.0 Å². The van der Waals surface area contributed by atoms with E-state index >= 15 is 9.18 Å². The molecule has 0 spiro atoms. The van der Waals surface area contributed by atoms with Gasteiger partial charge >= 0.3 is 6.09 Å². The van der Waals surface area contributed by atoms with Gasteiger partial charge in [0.25, 0.3) is 5.91 Å². The molecule has 17 heteroatoms. The molecule has 0 radical (unpaired) electrons. The molecule has 5 fully saturated rings. The molecule has 4 saturated carbocycles. The number of benzene rings is 2. The van der Waals surface area contributed by atoms with Gasteiger partial charge in [-0.2, -0.15) is 0 Å². The third-order valence-corrected chi connectivity index (χ3v) is 15.9. The summed E-state index contributed by atoms with van der Waals surface area (Å²) in [6.45, 7) is 3.89. The number of carbonyl (C=O) groups excluding carboxylic acids is 4. The Morgan fingerprint density at radius 1 is 0.938 bits per heavy atom. The lowest BCUT2D eigenvalue weighted by molar-refractivity contribution is -0.142. The van der Waals surface area contributed by atoms with Gasteiger partial charge in [0.2, 0.25) is 27.7 Å². The van der Waals surface area contributed by atoms with Crippen LogP contribution in [0.3, 0.4) is 0 Å². The summed E-state index contributed by atoms with van der Waals surface area (Å²) in [6.07, 6.45) is 7.84. The number of carbonyl (C=O) groups is 4. The maximum atomic E-state index is 15.1. The van der Waals surface area contributed by atoms with Crippen molar-refractivity contribution in [2.75, 3.05) is 20.8 Å². The van der Waals surface area contributed by atoms with Crippen LogP contribution in [-0.2, 0) is 29.1 Å². The maximum absolute atomic E-state index is 15.1. The van der Waals surface area contributed by atoms with Crippen LogP contribution in [0.2, 0.25) is 0 Å². The number of allylic oxidation sites excluding steroid dienone is 1. The number of ether oxygens (including phenoxy) is 4. The quantitative estimate of drug-likeness (QED) is 0.209. The predicted octanol–water partition coefficient (Wildman–Crippen LogP) is 5.80. The second-order valence-corrected chi connectivity index (χ2v) is 20.8. The second-order valence-electron chi connectivity index (χ2n) is 18.9. The molecule has 9 atom stereocenters. The average molecular weight is 902 g/mol. The third kappa shape index (κ3) is 8.96. The van der Waals surface area contributed by atoms with E-state index in [4.69, 9.17) is 23.9 Å². The van der Waals surface area contributed by atoms with E-state index in [0.717, 1.165) is 25.7 Å². The van der Waals surface area contributed by atoms with Crippen molar-refractivity contribution >= 4 is 44.6 Å². The largest absolute Gasteiger partial charge is 0.497 e. The first-order valence-corrected chi connectivity index (χ1v) is 24.0. The molecule has 4 aliphatic carbocycles. The molecule has 6 aliphatic rings. The number of hydrogen-bond acceptors (Lipinski definition) is 11. The number of sulfonamides is 1. The Bertz CT molecular complexity index is 2490. The molecule has 342 valence electrons. The van der Waals surface area contributed by atoms with Crippen LogP contribution in [0.5, 0.6) is 17.4 Å². The van der Waals surface area contributed by atoms with Crippen molar-refractivity contribution < 1.29 is 50.9 Å². The highest BCUT2D eigenvalue weighted by Gasteiger charge is 2.62. The average Bonchev–Trinajstić information content (AvgIpc) is 4.23. The molecule has 1 saturated heterocycles. The van der Waals surface area contributed by atoms with Crippen LogP contribution in [0.25, 0.3) is 22.0 Å². The zero-order valence-corrected chi connectivity index (χ0v) is 37.3. The summed E-state index contributed by atoms with van der Waals surface area (Å²) in [7, 11) is -1.03. The number of fused-ring (bicyclic) bond motifs is 4. The number of alkyl carbamates (subject to hydrolysis) is 1. The highest BCUT2D eigenvalue weighted by Crippen LogP contribution is 2.52. The molecule has 2 aromatic carbocycles. The SMILES string of the molecule is COc1ccc2c(OC3CC4C(=O)NC5(C(=O)NS(=O)(=O)C6CC6)CC5C=CCCC(C)CC(C)C(NC(=O)OC5CC6CC6C5)C(=O)N4C3)nc(-c3ccc(OC)c(F)c3)cc2c1. The van der Waals surface area contributed by atoms with E-state index in [-0.39, 0.29) is 49.0 Å². The standard InChI is InChI=1S/C47H56FN5O10S/c1-25-7-5-6-8-31-23-47(31,45(56)52-64(58,59)35-11-12-35)51-42(54)39-22-34(24-53(39)44(55)41(26(2)15-25)50-46(57)63-33-17-28-16-29(28)18-33)62-43-36-13-10-32(60-3)19-30(36)21-38(49-43)27-9-14-40(61-4)37(48)20-27/h6,8-10,13-14,19-21,25-26,28-29,31,33-35,39,41H,5,7,11-12,15-18,22-24H2,1-4H3,(H,50,57)(H,51,54)(H,52,56). The minimum Gasteiger partial charge on any atom is -0.497 e. The Labute approximate surface area is 372 Å². The van der Waals surface area contributed by atoms with Crippen LogP contribution in [0.4, 0.5) is 9.18 Å². The van der Waals surface area contributed by atoms with Gasteiger partial charge in [0, 0.05) is 23.3 Å². The normalized spacial score (nSPS) is 31.3. The Kier molecular flexibility index (Phi) is 11.7. The molecule has 2 aliphatic heterocycles. The first-order valence-electron chi connectivity index (χ1n) is 22.5.